The predicted molar refractivity (Wildman–Crippen MR) is 101 cm³/mol. The molecule has 0 spiro atoms. The lowest BCUT2D eigenvalue weighted by atomic mass is 10.1. The highest BCUT2D eigenvalue weighted by Crippen LogP contribution is 2.31. The molecule has 0 saturated heterocycles. The predicted octanol–water partition coefficient (Wildman–Crippen LogP) is 3.29. The summed E-state index contributed by atoms with van der Waals surface area (Å²) in [5.41, 5.74) is -0.495. The molecule has 0 aromatic heterocycles. The molecule has 2 rings (SSSR count). The maximum Gasteiger partial charge on any atom is 0.416 e. The number of hydrogen-bond donors (Lipinski definition) is 2. The maximum absolute atomic E-state index is 12.9. The molecule has 2 aromatic rings. The van der Waals surface area contributed by atoms with E-state index in [9.17, 15) is 27.6 Å². The number of benzene rings is 2. The second-order valence-corrected chi connectivity index (χ2v) is 5.91. The van der Waals surface area contributed by atoms with Gasteiger partial charge in [0.25, 0.3) is 5.91 Å². The van der Waals surface area contributed by atoms with Gasteiger partial charge in [0.2, 0.25) is 0 Å². The summed E-state index contributed by atoms with van der Waals surface area (Å²) in [6.07, 6.45) is -4.51. The molecule has 0 aliphatic carbocycles. The first-order valence-corrected chi connectivity index (χ1v) is 8.83. The Bertz CT molecular complexity index is 915. The van der Waals surface area contributed by atoms with Crippen LogP contribution in [0.15, 0.2) is 48.5 Å². The quantitative estimate of drug-likeness (QED) is 0.632. The summed E-state index contributed by atoms with van der Waals surface area (Å²) in [4.78, 5) is 35.2. The van der Waals surface area contributed by atoms with Gasteiger partial charge < -0.3 is 20.1 Å². The molecule has 160 valence electrons. The number of para-hydroxylation sites is 1. The first-order chi connectivity index (χ1) is 14.2. The van der Waals surface area contributed by atoms with Crippen LogP contribution in [0.4, 0.5) is 24.5 Å². The SMILES string of the molecule is CCOC(=O)CNC(=O)COC(=O)c1ccccc1Nc1cccc(C(F)(F)F)c1. The average molecular weight is 424 g/mol. The second kappa shape index (κ2) is 10.3. The third kappa shape index (κ3) is 6.80. The van der Waals surface area contributed by atoms with E-state index >= 15 is 0 Å². The Morgan fingerprint density at radius 2 is 1.73 bits per heavy atom. The molecule has 0 unspecified atom stereocenters. The van der Waals surface area contributed by atoms with E-state index in [1.807, 2.05) is 0 Å². The van der Waals surface area contributed by atoms with E-state index in [0.717, 1.165) is 12.1 Å². The summed E-state index contributed by atoms with van der Waals surface area (Å²) in [5.74, 6) is -2.20. The number of rotatable bonds is 8. The van der Waals surface area contributed by atoms with Crippen molar-refractivity contribution in [3.05, 3.63) is 59.7 Å². The Balaban J connectivity index is 2.02. The van der Waals surface area contributed by atoms with Crippen molar-refractivity contribution in [2.45, 2.75) is 13.1 Å². The van der Waals surface area contributed by atoms with Crippen molar-refractivity contribution in [2.75, 3.05) is 25.1 Å². The molecule has 2 N–H and O–H groups in total. The zero-order valence-corrected chi connectivity index (χ0v) is 15.9. The zero-order chi connectivity index (χ0) is 22.1. The summed E-state index contributed by atoms with van der Waals surface area (Å²) in [5, 5.41) is 4.98. The Hall–Kier alpha value is -3.56. The zero-order valence-electron chi connectivity index (χ0n) is 15.9. The standard InChI is InChI=1S/C20H19F3N2O5/c1-2-29-18(27)11-24-17(26)12-30-19(28)15-8-3-4-9-16(15)25-14-7-5-6-13(10-14)20(21,22)23/h3-10,25H,2,11-12H2,1H3,(H,24,26). The number of amides is 1. The highest BCUT2D eigenvalue weighted by Gasteiger charge is 2.30. The minimum Gasteiger partial charge on any atom is -0.465 e. The van der Waals surface area contributed by atoms with E-state index < -0.39 is 36.2 Å². The minimum absolute atomic E-state index is 0.0214. The van der Waals surface area contributed by atoms with Crippen LogP contribution in [0.1, 0.15) is 22.8 Å². The van der Waals surface area contributed by atoms with Crippen LogP contribution in [0.2, 0.25) is 0 Å². The smallest absolute Gasteiger partial charge is 0.416 e. The van der Waals surface area contributed by atoms with E-state index in [-0.39, 0.29) is 30.1 Å². The molecule has 0 bridgehead atoms. The van der Waals surface area contributed by atoms with Gasteiger partial charge in [0.1, 0.15) is 6.54 Å². The fourth-order valence-electron chi connectivity index (χ4n) is 2.34. The summed E-state index contributed by atoms with van der Waals surface area (Å²) in [6, 6.07) is 10.5. The summed E-state index contributed by atoms with van der Waals surface area (Å²) < 4.78 is 48.2. The van der Waals surface area contributed by atoms with Crippen molar-refractivity contribution >= 4 is 29.2 Å². The fourth-order valence-corrected chi connectivity index (χ4v) is 2.34. The molecular weight excluding hydrogens is 405 g/mol. The lowest BCUT2D eigenvalue weighted by Gasteiger charge is -2.13. The summed E-state index contributed by atoms with van der Waals surface area (Å²) in [7, 11) is 0. The Morgan fingerprint density at radius 3 is 2.43 bits per heavy atom. The molecule has 0 heterocycles. The number of ether oxygens (including phenoxy) is 2. The van der Waals surface area contributed by atoms with E-state index in [4.69, 9.17) is 4.74 Å². The maximum atomic E-state index is 12.9. The van der Waals surface area contributed by atoms with Crippen molar-refractivity contribution in [1.29, 1.82) is 0 Å². The van der Waals surface area contributed by atoms with E-state index in [2.05, 4.69) is 15.4 Å². The van der Waals surface area contributed by atoms with Crippen LogP contribution in [0, 0.1) is 0 Å². The first kappa shape index (κ1) is 22.7. The van der Waals surface area contributed by atoms with Gasteiger partial charge in [-0.1, -0.05) is 18.2 Å². The van der Waals surface area contributed by atoms with Gasteiger partial charge in [0, 0.05) is 5.69 Å². The molecular formula is C20H19F3N2O5. The van der Waals surface area contributed by atoms with Crippen LogP contribution >= 0.6 is 0 Å². The number of nitrogens with one attached hydrogen (secondary N) is 2. The largest absolute Gasteiger partial charge is 0.465 e. The van der Waals surface area contributed by atoms with Gasteiger partial charge in [-0.05, 0) is 37.3 Å². The Kier molecular flexibility index (Phi) is 7.79. The molecule has 0 saturated carbocycles. The van der Waals surface area contributed by atoms with Gasteiger partial charge in [-0.25, -0.2) is 4.79 Å². The molecule has 0 fully saturated rings. The molecule has 2 aromatic carbocycles. The van der Waals surface area contributed by atoms with Gasteiger partial charge >= 0.3 is 18.1 Å². The molecule has 7 nitrogen and oxygen atoms in total. The molecule has 0 atom stereocenters. The van der Waals surface area contributed by atoms with Crippen LogP contribution in [0.5, 0.6) is 0 Å². The fraction of sp³-hybridized carbons (Fsp3) is 0.250. The second-order valence-electron chi connectivity index (χ2n) is 5.91. The molecule has 10 heteroatoms. The average Bonchev–Trinajstić information content (AvgIpc) is 2.70. The highest BCUT2D eigenvalue weighted by atomic mass is 19.4. The molecule has 0 radical (unpaired) electrons. The number of carbonyl (C=O) groups excluding carboxylic acids is 3. The number of hydrogen-bond acceptors (Lipinski definition) is 6. The topological polar surface area (TPSA) is 93.7 Å². The van der Waals surface area contributed by atoms with Gasteiger partial charge in [-0.2, -0.15) is 13.2 Å². The normalized spacial score (nSPS) is 10.8. The molecule has 1 amide bonds. The highest BCUT2D eigenvalue weighted by molar-refractivity contribution is 5.97. The number of carbonyl (C=O) groups is 3. The molecule has 0 aliphatic rings. The van der Waals surface area contributed by atoms with Crippen LogP contribution in [-0.4, -0.2) is 37.6 Å². The van der Waals surface area contributed by atoms with Gasteiger partial charge in [-0.15, -0.1) is 0 Å². The van der Waals surface area contributed by atoms with Crippen LogP contribution in [-0.2, 0) is 25.2 Å². The van der Waals surface area contributed by atoms with E-state index in [1.54, 1.807) is 13.0 Å². The number of esters is 2. The van der Waals surface area contributed by atoms with Crippen molar-refractivity contribution in [3.63, 3.8) is 0 Å². The van der Waals surface area contributed by atoms with E-state index in [0.29, 0.717) is 0 Å². The molecule has 0 aliphatic heterocycles. The van der Waals surface area contributed by atoms with Crippen LogP contribution in [0.25, 0.3) is 0 Å². The summed E-state index contributed by atoms with van der Waals surface area (Å²) >= 11 is 0. The third-order valence-electron chi connectivity index (χ3n) is 3.69. The lowest BCUT2D eigenvalue weighted by molar-refractivity contribution is -0.143. The Morgan fingerprint density at radius 1 is 1.00 bits per heavy atom. The Labute approximate surface area is 170 Å². The lowest BCUT2D eigenvalue weighted by Crippen LogP contribution is -2.34. The third-order valence-corrected chi connectivity index (χ3v) is 3.69. The van der Waals surface area contributed by atoms with Crippen molar-refractivity contribution in [3.8, 4) is 0 Å². The van der Waals surface area contributed by atoms with Crippen molar-refractivity contribution in [1.82, 2.24) is 5.32 Å². The summed E-state index contributed by atoms with van der Waals surface area (Å²) in [6.45, 7) is 0.778. The number of anilines is 2. The minimum atomic E-state index is -4.51. The van der Waals surface area contributed by atoms with Crippen molar-refractivity contribution in [2.24, 2.45) is 0 Å². The van der Waals surface area contributed by atoms with Crippen molar-refractivity contribution < 1.29 is 37.0 Å². The number of halogens is 3. The van der Waals surface area contributed by atoms with Crippen LogP contribution in [0.3, 0.4) is 0 Å². The van der Waals surface area contributed by atoms with Crippen LogP contribution < -0.4 is 10.6 Å². The molecule has 30 heavy (non-hydrogen) atoms. The van der Waals surface area contributed by atoms with E-state index in [1.165, 1.54) is 30.3 Å². The van der Waals surface area contributed by atoms with Gasteiger partial charge in [0.05, 0.1) is 23.4 Å². The first-order valence-electron chi connectivity index (χ1n) is 8.83. The monoisotopic (exact) mass is 424 g/mol. The van der Waals surface area contributed by atoms with Gasteiger partial charge in [0.15, 0.2) is 6.61 Å². The number of alkyl halides is 3. The van der Waals surface area contributed by atoms with Gasteiger partial charge in [-0.3, -0.25) is 9.59 Å².